The maximum Gasteiger partial charge on any atom is 0.349 e. The van der Waals surface area contributed by atoms with Gasteiger partial charge in [0.25, 0.3) is 0 Å². The molecule has 0 bridgehead atoms. The Morgan fingerprint density at radius 2 is 2.04 bits per heavy atom. The van der Waals surface area contributed by atoms with Crippen LogP contribution in [0, 0.1) is 5.82 Å². The number of ether oxygens (including phenoxy) is 1. The number of anilines is 1. The van der Waals surface area contributed by atoms with Gasteiger partial charge >= 0.3 is 5.97 Å². The lowest BCUT2D eigenvalue weighted by molar-refractivity contribution is -0.154. The second-order valence-corrected chi connectivity index (χ2v) is 6.35. The fourth-order valence-corrected chi connectivity index (χ4v) is 3.31. The molecule has 2 N–H and O–H groups in total. The number of fused-ring (bicyclic) bond motifs is 1. The van der Waals surface area contributed by atoms with E-state index >= 15 is 0 Å². The van der Waals surface area contributed by atoms with Crippen molar-refractivity contribution >= 4 is 34.9 Å². The number of hydrogen-bond acceptors (Lipinski definition) is 3. The minimum absolute atomic E-state index is 0.0327. The van der Waals surface area contributed by atoms with Gasteiger partial charge in [0.2, 0.25) is 5.60 Å². The standard InChI is InChI=1S/C17H14Cl2FNO3/c1-2-17(16(22)23)8-21-13-7-9(20)6-10(15(13)24-17)14-11(18)4-3-5-12(14)19/h3-7,21H,2,8H2,1H3,(H,22,23). The van der Waals surface area contributed by atoms with E-state index in [0.29, 0.717) is 26.9 Å². The van der Waals surface area contributed by atoms with Crippen molar-refractivity contribution in [2.24, 2.45) is 0 Å². The first kappa shape index (κ1) is 16.9. The third-order valence-corrected chi connectivity index (χ3v) is 4.74. The van der Waals surface area contributed by atoms with E-state index in [4.69, 9.17) is 27.9 Å². The first-order valence-corrected chi connectivity index (χ1v) is 8.08. The van der Waals surface area contributed by atoms with Crippen LogP contribution in [0.3, 0.4) is 0 Å². The van der Waals surface area contributed by atoms with Crippen LogP contribution in [0.4, 0.5) is 10.1 Å². The van der Waals surface area contributed by atoms with Gasteiger partial charge in [-0.15, -0.1) is 0 Å². The highest BCUT2D eigenvalue weighted by Crippen LogP contribution is 2.47. The van der Waals surface area contributed by atoms with E-state index in [1.54, 1.807) is 25.1 Å². The highest BCUT2D eigenvalue weighted by Gasteiger charge is 2.43. The Hall–Kier alpha value is -1.98. The molecule has 126 valence electrons. The molecular formula is C17H14Cl2FNO3. The Kier molecular flexibility index (Phi) is 4.32. The summed E-state index contributed by atoms with van der Waals surface area (Å²) in [5.41, 5.74) is -0.360. The normalized spacial score (nSPS) is 19.2. The fraction of sp³-hybridized carbons (Fsp3) is 0.235. The summed E-state index contributed by atoms with van der Waals surface area (Å²) in [6.45, 7) is 1.75. The van der Waals surface area contributed by atoms with Gasteiger partial charge in [-0.2, -0.15) is 0 Å². The molecule has 1 aliphatic heterocycles. The lowest BCUT2D eigenvalue weighted by Crippen LogP contribution is -2.52. The molecular weight excluding hydrogens is 356 g/mol. The zero-order valence-electron chi connectivity index (χ0n) is 12.7. The number of halogens is 3. The zero-order valence-corrected chi connectivity index (χ0v) is 14.2. The molecule has 3 rings (SSSR count). The van der Waals surface area contributed by atoms with Gasteiger partial charge in [-0.3, -0.25) is 0 Å². The molecule has 1 heterocycles. The van der Waals surface area contributed by atoms with Crippen molar-refractivity contribution in [1.29, 1.82) is 0 Å². The lowest BCUT2D eigenvalue weighted by Gasteiger charge is -2.36. The van der Waals surface area contributed by atoms with E-state index in [0.717, 1.165) is 0 Å². The third kappa shape index (κ3) is 2.68. The summed E-state index contributed by atoms with van der Waals surface area (Å²) in [7, 11) is 0. The predicted octanol–water partition coefficient (Wildman–Crippen LogP) is 4.84. The summed E-state index contributed by atoms with van der Waals surface area (Å²) >= 11 is 12.5. The van der Waals surface area contributed by atoms with Gasteiger partial charge in [0.15, 0.2) is 5.75 Å². The van der Waals surface area contributed by atoms with Crippen molar-refractivity contribution in [2.45, 2.75) is 18.9 Å². The predicted molar refractivity (Wildman–Crippen MR) is 91.6 cm³/mol. The van der Waals surface area contributed by atoms with Crippen molar-refractivity contribution in [3.8, 4) is 16.9 Å². The Bertz CT molecular complexity index is 807. The molecule has 1 aliphatic rings. The first-order chi connectivity index (χ1) is 11.4. The Labute approximate surface area is 148 Å². The Morgan fingerprint density at radius 3 is 2.62 bits per heavy atom. The van der Waals surface area contributed by atoms with Crippen LogP contribution in [-0.4, -0.2) is 23.2 Å². The number of carboxylic acid groups (broad SMARTS) is 1. The highest BCUT2D eigenvalue weighted by molar-refractivity contribution is 6.39. The van der Waals surface area contributed by atoms with E-state index in [9.17, 15) is 14.3 Å². The molecule has 4 nitrogen and oxygen atoms in total. The molecule has 0 aromatic heterocycles. The van der Waals surface area contributed by atoms with Gasteiger partial charge in [0.05, 0.1) is 22.3 Å². The Balaban J connectivity index is 2.24. The van der Waals surface area contributed by atoms with Crippen LogP contribution in [-0.2, 0) is 4.79 Å². The van der Waals surface area contributed by atoms with Crippen LogP contribution < -0.4 is 10.1 Å². The lowest BCUT2D eigenvalue weighted by atomic mass is 9.96. The molecule has 0 spiro atoms. The van der Waals surface area contributed by atoms with Crippen molar-refractivity contribution in [1.82, 2.24) is 0 Å². The molecule has 7 heteroatoms. The average Bonchev–Trinajstić information content (AvgIpc) is 2.54. The minimum Gasteiger partial charge on any atom is -0.478 e. The van der Waals surface area contributed by atoms with Crippen LogP contribution >= 0.6 is 23.2 Å². The molecule has 0 radical (unpaired) electrons. The number of nitrogens with one attached hydrogen (secondary N) is 1. The number of rotatable bonds is 3. The summed E-state index contributed by atoms with van der Waals surface area (Å²) in [4.78, 5) is 11.7. The molecule has 0 fully saturated rings. The minimum atomic E-state index is -1.44. The van der Waals surface area contributed by atoms with Crippen LogP contribution in [0.2, 0.25) is 10.0 Å². The number of carbonyl (C=O) groups is 1. The van der Waals surface area contributed by atoms with Crippen LogP contribution in [0.1, 0.15) is 13.3 Å². The number of aliphatic carboxylic acids is 1. The molecule has 0 saturated carbocycles. The molecule has 0 aliphatic carbocycles. The van der Waals surface area contributed by atoms with Gasteiger partial charge < -0.3 is 15.2 Å². The van der Waals surface area contributed by atoms with Crippen molar-refractivity contribution in [3.05, 3.63) is 46.2 Å². The maximum atomic E-state index is 14.0. The fourth-order valence-electron chi connectivity index (χ4n) is 2.71. The Morgan fingerprint density at radius 1 is 1.38 bits per heavy atom. The molecule has 1 unspecified atom stereocenters. The topological polar surface area (TPSA) is 58.6 Å². The summed E-state index contributed by atoms with van der Waals surface area (Å²) in [6.07, 6.45) is 0.238. The zero-order chi connectivity index (χ0) is 17.5. The summed E-state index contributed by atoms with van der Waals surface area (Å²) in [5, 5.41) is 13.1. The van der Waals surface area contributed by atoms with Crippen molar-refractivity contribution < 1.29 is 19.0 Å². The van der Waals surface area contributed by atoms with E-state index < -0.39 is 17.4 Å². The van der Waals surface area contributed by atoms with E-state index in [-0.39, 0.29) is 18.7 Å². The van der Waals surface area contributed by atoms with E-state index in [2.05, 4.69) is 5.32 Å². The van der Waals surface area contributed by atoms with Gasteiger partial charge in [-0.25, -0.2) is 9.18 Å². The number of carboxylic acids is 1. The smallest absolute Gasteiger partial charge is 0.349 e. The quantitative estimate of drug-likeness (QED) is 0.812. The van der Waals surface area contributed by atoms with Crippen molar-refractivity contribution in [3.63, 3.8) is 0 Å². The molecule has 0 amide bonds. The van der Waals surface area contributed by atoms with Gasteiger partial charge in [0, 0.05) is 17.2 Å². The molecule has 2 aromatic rings. The monoisotopic (exact) mass is 369 g/mol. The van der Waals surface area contributed by atoms with Gasteiger partial charge in [-0.1, -0.05) is 36.2 Å². The molecule has 2 aromatic carbocycles. The van der Waals surface area contributed by atoms with Gasteiger partial charge in [-0.05, 0) is 24.6 Å². The van der Waals surface area contributed by atoms with E-state index in [1.807, 2.05) is 0 Å². The van der Waals surface area contributed by atoms with Crippen molar-refractivity contribution in [2.75, 3.05) is 11.9 Å². The largest absolute Gasteiger partial charge is 0.478 e. The average molecular weight is 370 g/mol. The molecule has 0 saturated heterocycles. The summed E-state index contributed by atoms with van der Waals surface area (Å²) in [6, 6.07) is 7.42. The SMILES string of the molecule is CCC1(C(=O)O)CNc2cc(F)cc(-c3c(Cl)cccc3Cl)c2O1. The summed E-state index contributed by atoms with van der Waals surface area (Å²) in [5.74, 6) is -1.37. The molecule has 1 atom stereocenters. The second kappa shape index (κ2) is 6.15. The first-order valence-electron chi connectivity index (χ1n) is 7.32. The second-order valence-electron chi connectivity index (χ2n) is 5.54. The maximum absolute atomic E-state index is 14.0. The highest BCUT2D eigenvalue weighted by atomic mass is 35.5. The van der Waals surface area contributed by atoms with Crippen LogP contribution in [0.5, 0.6) is 5.75 Å². The van der Waals surface area contributed by atoms with Crippen LogP contribution in [0.15, 0.2) is 30.3 Å². The molecule has 24 heavy (non-hydrogen) atoms. The third-order valence-electron chi connectivity index (χ3n) is 4.11. The number of benzene rings is 2. The summed E-state index contributed by atoms with van der Waals surface area (Å²) < 4.78 is 19.9. The van der Waals surface area contributed by atoms with E-state index in [1.165, 1.54) is 12.1 Å². The number of hydrogen-bond donors (Lipinski definition) is 2. The van der Waals surface area contributed by atoms with Crippen LogP contribution in [0.25, 0.3) is 11.1 Å². The van der Waals surface area contributed by atoms with Gasteiger partial charge in [0.1, 0.15) is 5.82 Å².